The largest absolute Gasteiger partial charge is 0.374 e. The smallest absolute Gasteiger partial charge is 0.321 e. The first-order valence-corrected chi connectivity index (χ1v) is 8.59. The van der Waals surface area contributed by atoms with E-state index < -0.39 is 0 Å². The molecule has 0 radical (unpaired) electrons. The number of carbonyl (C=O) groups is 1. The SMILES string of the molecule is O=C(Nc1cccc(-n2cccn2)c1)N1C[C@@H]2[C@H](C1)[C@H]1CC[C@@H]2O1. The average molecular weight is 324 g/mol. The monoisotopic (exact) mass is 324 g/mol. The number of benzene rings is 1. The Hall–Kier alpha value is -2.34. The molecule has 0 spiro atoms. The van der Waals surface area contributed by atoms with E-state index in [0.717, 1.165) is 37.3 Å². The first kappa shape index (κ1) is 14.0. The summed E-state index contributed by atoms with van der Waals surface area (Å²) >= 11 is 0. The fourth-order valence-electron chi connectivity index (χ4n) is 4.48. The van der Waals surface area contributed by atoms with Gasteiger partial charge < -0.3 is 15.0 Å². The van der Waals surface area contributed by atoms with Crippen LogP contribution in [0.5, 0.6) is 0 Å². The fraction of sp³-hybridized carbons (Fsp3) is 0.444. The molecule has 4 atom stereocenters. The Balaban J connectivity index is 1.29. The van der Waals surface area contributed by atoms with E-state index >= 15 is 0 Å². The van der Waals surface area contributed by atoms with E-state index in [9.17, 15) is 4.79 Å². The Morgan fingerprint density at radius 1 is 1.17 bits per heavy atom. The lowest BCUT2D eigenvalue weighted by Crippen LogP contribution is -2.35. The zero-order valence-corrected chi connectivity index (χ0v) is 13.3. The highest BCUT2D eigenvalue weighted by Gasteiger charge is 2.53. The normalized spacial score (nSPS) is 30.6. The number of ether oxygens (including phenoxy) is 1. The molecule has 3 saturated heterocycles. The van der Waals surface area contributed by atoms with Crippen molar-refractivity contribution in [3.05, 3.63) is 42.7 Å². The van der Waals surface area contributed by atoms with Crippen molar-refractivity contribution in [3.63, 3.8) is 0 Å². The Morgan fingerprint density at radius 2 is 1.96 bits per heavy atom. The molecule has 2 bridgehead atoms. The summed E-state index contributed by atoms with van der Waals surface area (Å²) < 4.78 is 7.76. The molecule has 124 valence electrons. The van der Waals surface area contributed by atoms with E-state index in [0.29, 0.717) is 24.0 Å². The van der Waals surface area contributed by atoms with Crippen LogP contribution in [0.25, 0.3) is 5.69 Å². The van der Waals surface area contributed by atoms with Crippen molar-refractivity contribution in [2.75, 3.05) is 18.4 Å². The number of aromatic nitrogens is 2. The number of fused-ring (bicyclic) bond motifs is 5. The molecule has 24 heavy (non-hydrogen) atoms. The lowest BCUT2D eigenvalue weighted by atomic mass is 9.82. The quantitative estimate of drug-likeness (QED) is 0.923. The highest BCUT2D eigenvalue weighted by Crippen LogP contribution is 2.47. The van der Waals surface area contributed by atoms with E-state index in [1.807, 2.05) is 41.4 Å². The molecule has 1 N–H and O–H groups in total. The Morgan fingerprint density at radius 3 is 2.67 bits per heavy atom. The third kappa shape index (κ3) is 2.21. The molecule has 3 aliphatic rings. The second kappa shape index (κ2) is 5.34. The van der Waals surface area contributed by atoms with Crippen LogP contribution in [0.3, 0.4) is 0 Å². The molecule has 6 nitrogen and oxygen atoms in total. The molecule has 0 unspecified atom stereocenters. The summed E-state index contributed by atoms with van der Waals surface area (Å²) in [5.41, 5.74) is 1.73. The van der Waals surface area contributed by atoms with Gasteiger partial charge in [0.05, 0.1) is 17.9 Å². The van der Waals surface area contributed by atoms with Gasteiger partial charge in [-0.25, -0.2) is 9.48 Å². The molecule has 0 aliphatic carbocycles. The lowest BCUT2D eigenvalue weighted by Gasteiger charge is -2.19. The molecule has 2 amide bonds. The number of amides is 2. The van der Waals surface area contributed by atoms with Crippen molar-refractivity contribution in [3.8, 4) is 5.69 Å². The average Bonchev–Trinajstić information content (AvgIpc) is 3.36. The highest BCUT2D eigenvalue weighted by molar-refractivity contribution is 5.89. The Kier molecular flexibility index (Phi) is 3.13. The summed E-state index contributed by atoms with van der Waals surface area (Å²) in [6, 6.07) is 9.62. The van der Waals surface area contributed by atoms with Gasteiger partial charge in [0.25, 0.3) is 0 Å². The molecule has 1 aromatic carbocycles. The van der Waals surface area contributed by atoms with Crippen molar-refractivity contribution in [2.24, 2.45) is 11.8 Å². The Labute approximate surface area is 140 Å². The number of anilines is 1. The highest BCUT2D eigenvalue weighted by atomic mass is 16.5. The van der Waals surface area contributed by atoms with Gasteiger partial charge in [-0.3, -0.25) is 0 Å². The van der Waals surface area contributed by atoms with Crippen LogP contribution in [0.4, 0.5) is 10.5 Å². The third-order valence-corrected chi connectivity index (χ3v) is 5.61. The summed E-state index contributed by atoms with van der Waals surface area (Å²) in [5.74, 6) is 1.06. The van der Waals surface area contributed by atoms with Gasteiger partial charge in [-0.2, -0.15) is 5.10 Å². The minimum absolute atomic E-state index is 0.0126. The number of carbonyl (C=O) groups excluding carboxylic acids is 1. The van der Waals surface area contributed by atoms with Crippen LogP contribution in [0.1, 0.15) is 12.8 Å². The van der Waals surface area contributed by atoms with E-state index in [-0.39, 0.29) is 6.03 Å². The number of hydrogen-bond acceptors (Lipinski definition) is 3. The number of hydrogen-bond donors (Lipinski definition) is 1. The maximum absolute atomic E-state index is 12.6. The molecular weight excluding hydrogens is 304 g/mol. The number of nitrogens with zero attached hydrogens (tertiary/aromatic N) is 3. The van der Waals surface area contributed by atoms with Gasteiger partial charge in [0.15, 0.2) is 0 Å². The first-order chi connectivity index (χ1) is 11.8. The fourth-order valence-corrected chi connectivity index (χ4v) is 4.48. The predicted molar refractivity (Wildman–Crippen MR) is 89.0 cm³/mol. The van der Waals surface area contributed by atoms with Crippen molar-refractivity contribution in [1.29, 1.82) is 0 Å². The van der Waals surface area contributed by atoms with Crippen LogP contribution in [0.15, 0.2) is 42.7 Å². The molecule has 4 heterocycles. The third-order valence-electron chi connectivity index (χ3n) is 5.61. The van der Waals surface area contributed by atoms with Gasteiger partial charge >= 0.3 is 6.03 Å². The zero-order valence-electron chi connectivity index (χ0n) is 13.3. The van der Waals surface area contributed by atoms with E-state index in [1.165, 1.54) is 0 Å². The first-order valence-electron chi connectivity index (χ1n) is 8.59. The van der Waals surface area contributed by atoms with Crippen LogP contribution in [-0.4, -0.2) is 46.0 Å². The number of likely N-dealkylation sites (tertiary alicyclic amines) is 1. The summed E-state index contributed by atoms with van der Waals surface area (Å²) in [7, 11) is 0. The van der Waals surface area contributed by atoms with Crippen LogP contribution in [0.2, 0.25) is 0 Å². The van der Waals surface area contributed by atoms with Crippen LogP contribution < -0.4 is 5.32 Å². The Bertz CT molecular complexity index is 742. The number of nitrogens with one attached hydrogen (secondary N) is 1. The van der Waals surface area contributed by atoms with Gasteiger partial charge in [0.1, 0.15) is 0 Å². The molecular formula is C18H20N4O2. The van der Waals surface area contributed by atoms with Crippen LogP contribution >= 0.6 is 0 Å². The zero-order chi connectivity index (χ0) is 16.1. The van der Waals surface area contributed by atoms with Gasteiger partial charge in [-0.05, 0) is 37.1 Å². The molecule has 1 aromatic heterocycles. The van der Waals surface area contributed by atoms with Gasteiger partial charge in [0, 0.05) is 43.0 Å². The van der Waals surface area contributed by atoms with Gasteiger partial charge in [0.2, 0.25) is 0 Å². The maximum atomic E-state index is 12.6. The van der Waals surface area contributed by atoms with Crippen molar-refractivity contribution in [1.82, 2.24) is 14.7 Å². The van der Waals surface area contributed by atoms with Gasteiger partial charge in [-0.1, -0.05) is 6.07 Å². The van der Waals surface area contributed by atoms with E-state index in [2.05, 4.69) is 10.4 Å². The van der Waals surface area contributed by atoms with Gasteiger partial charge in [-0.15, -0.1) is 0 Å². The number of urea groups is 1. The second-order valence-electron chi connectivity index (χ2n) is 6.95. The summed E-state index contributed by atoms with van der Waals surface area (Å²) in [6.07, 6.45) is 6.70. The molecule has 2 aromatic rings. The van der Waals surface area contributed by atoms with Crippen LogP contribution in [0, 0.1) is 11.8 Å². The summed E-state index contributed by atoms with van der Waals surface area (Å²) in [5, 5.41) is 7.26. The summed E-state index contributed by atoms with van der Waals surface area (Å²) in [6.45, 7) is 1.63. The standard InChI is InChI=1S/C18H20N4O2/c23-18(21-10-14-15(11-21)17-6-5-16(14)24-17)20-12-3-1-4-13(9-12)22-8-2-7-19-22/h1-4,7-9,14-17H,5-6,10-11H2,(H,20,23)/t14-,15+,16+,17-. The molecule has 3 aliphatic heterocycles. The topological polar surface area (TPSA) is 59.4 Å². The van der Waals surface area contributed by atoms with Crippen LogP contribution in [-0.2, 0) is 4.74 Å². The molecule has 6 heteroatoms. The molecule has 3 fully saturated rings. The van der Waals surface area contributed by atoms with E-state index in [4.69, 9.17) is 4.74 Å². The minimum atomic E-state index is -0.0126. The number of rotatable bonds is 2. The van der Waals surface area contributed by atoms with Crippen molar-refractivity contribution in [2.45, 2.75) is 25.0 Å². The van der Waals surface area contributed by atoms with E-state index in [1.54, 1.807) is 10.9 Å². The molecule has 5 rings (SSSR count). The van der Waals surface area contributed by atoms with Crippen molar-refractivity contribution < 1.29 is 9.53 Å². The second-order valence-corrected chi connectivity index (χ2v) is 6.95. The predicted octanol–water partition coefficient (Wildman–Crippen LogP) is 2.51. The lowest BCUT2D eigenvalue weighted by molar-refractivity contribution is 0.0747. The minimum Gasteiger partial charge on any atom is -0.374 e. The maximum Gasteiger partial charge on any atom is 0.321 e. The van der Waals surface area contributed by atoms with Crippen molar-refractivity contribution >= 4 is 11.7 Å². The summed E-state index contributed by atoms with van der Waals surface area (Å²) in [4.78, 5) is 14.6. The molecule has 0 saturated carbocycles.